The summed E-state index contributed by atoms with van der Waals surface area (Å²) < 4.78 is 6.10. The Morgan fingerprint density at radius 2 is 1.86 bits per heavy atom. The molecule has 7 heteroatoms. The molecule has 158 valence electrons. The number of ether oxygens (including phenoxy) is 1. The van der Waals surface area contributed by atoms with E-state index in [1.807, 2.05) is 11.9 Å². The van der Waals surface area contributed by atoms with Crippen molar-refractivity contribution in [1.82, 2.24) is 15.1 Å². The minimum Gasteiger partial charge on any atom is -0.374 e. The first-order valence-corrected chi connectivity index (χ1v) is 10.7. The van der Waals surface area contributed by atoms with Crippen LogP contribution in [0.5, 0.6) is 0 Å². The van der Waals surface area contributed by atoms with Crippen LogP contribution >= 0.6 is 24.0 Å². The molecule has 4 aliphatic rings. The first-order chi connectivity index (χ1) is 13.7. The van der Waals surface area contributed by atoms with E-state index in [2.05, 4.69) is 39.5 Å². The Hall–Kier alpha value is -1.35. The Morgan fingerprint density at radius 3 is 2.48 bits per heavy atom. The third-order valence-corrected chi connectivity index (χ3v) is 7.05. The molecule has 4 aliphatic heterocycles. The first-order valence-electron chi connectivity index (χ1n) is 10.7. The molecular formula is C22H31IN4O2. The number of rotatable bonds is 4. The second-order valence-corrected chi connectivity index (χ2v) is 8.61. The van der Waals surface area contributed by atoms with Crippen molar-refractivity contribution in [3.8, 4) is 0 Å². The van der Waals surface area contributed by atoms with Gasteiger partial charge in [-0.05, 0) is 30.4 Å². The van der Waals surface area contributed by atoms with Gasteiger partial charge in [0.05, 0.1) is 12.2 Å². The van der Waals surface area contributed by atoms with E-state index in [4.69, 9.17) is 4.74 Å². The summed E-state index contributed by atoms with van der Waals surface area (Å²) in [5.74, 6) is 2.61. The standard InChI is InChI=1S/C22H30N4O2.HI/c1-23-22(26-13-17-18(14-26)20-9-8-19(17)28-20)24-11-15-5-2-3-6-16(15)12-25-10-4-7-21(25)27;/h2-3,5-6,17-20H,4,7-14H2,1H3,(H,23,24);1H. The van der Waals surface area contributed by atoms with Gasteiger partial charge in [0.1, 0.15) is 0 Å². The summed E-state index contributed by atoms with van der Waals surface area (Å²) in [6.07, 6.45) is 5.07. The highest BCUT2D eigenvalue weighted by atomic mass is 127. The molecule has 0 spiro atoms. The Labute approximate surface area is 190 Å². The minimum atomic E-state index is 0. The fraction of sp³-hybridized carbons (Fsp3) is 0.636. The Balaban J connectivity index is 0.00000205. The second kappa shape index (κ2) is 8.79. The van der Waals surface area contributed by atoms with Gasteiger partial charge in [0, 0.05) is 58.0 Å². The van der Waals surface area contributed by atoms with Crippen molar-refractivity contribution in [2.24, 2.45) is 16.8 Å². The summed E-state index contributed by atoms with van der Waals surface area (Å²) in [6, 6.07) is 8.43. The average molecular weight is 510 g/mol. The third-order valence-electron chi connectivity index (χ3n) is 7.05. The third kappa shape index (κ3) is 4.00. The van der Waals surface area contributed by atoms with Crippen molar-refractivity contribution >= 4 is 35.8 Å². The van der Waals surface area contributed by atoms with Crippen molar-refractivity contribution < 1.29 is 9.53 Å². The van der Waals surface area contributed by atoms with Gasteiger partial charge in [0.2, 0.25) is 5.91 Å². The lowest BCUT2D eigenvalue weighted by Gasteiger charge is -2.24. The van der Waals surface area contributed by atoms with Crippen molar-refractivity contribution in [2.45, 2.75) is 51.0 Å². The number of amides is 1. The molecule has 0 aromatic heterocycles. The van der Waals surface area contributed by atoms with Crippen molar-refractivity contribution in [3.05, 3.63) is 35.4 Å². The topological polar surface area (TPSA) is 57.2 Å². The molecule has 2 bridgehead atoms. The highest BCUT2D eigenvalue weighted by Crippen LogP contribution is 2.47. The van der Waals surface area contributed by atoms with Crippen LogP contribution in [0.2, 0.25) is 0 Å². The SMILES string of the molecule is CN=C(NCc1ccccc1CN1CCCC1=O)N1CC2C3CCC(O3)C2C1.I. The van der Waals surface area contributed by atoms with E-state index in [1.54, 1.807) is 0 Å². The fourth-order valence-corrected chi connectivity index (χ4v) is 5.60. The molecule has 4 fully saturated rings. The molecule has 6 nitrogen and oxygen atoms in total. The molecule has 0 aliphatic carbocycles. The fourth-order valence-electron chi connectivity index (χ4n) is 5.60. The lowest BCUT2D eigenvalue weighted by molar-refractivity contribution is -0.128. The summed E-state index contributed by atoms with van der Waals surface area (Å²) in [5, 5.41) is 3.58. The van der Waals surface area contributed by atoms with Gasteiger partial charge >= 0.3 is 0 Å². The quantitative estimate of drug-likeness (QED) is 0.385. The van der Waals surface area contributed by atoms with E-state index in [0.29, 0.717) is 37.0 Å². The predicted octanol–water partition coefficient (Wildman–Crippen LogP) is 2.61. The van der Waals surface area contributed by atoms with Crippen LogP contribution in [-0.4, -0.2) is 60.6 Å². The number of carbonyl (C=O) groups excluding carboxylic acids is 1. The van der Waals surface area contributed by atoms with Crippen LogP contribution in [0.3, 0.4) is 0 Å². The van der Waals surface area contributed by atoms with Gasteiger partial charge in [-0.25, -0.2) is 0 Å². The van der Waals surface area contributed by atoms with Gasteiger partial charge in [-0.15, -0.1) is 24.0 Å². The molecule has 4 unspecified atom stereocenters. The van der Waals surface area contributed by atoms with Crippen LogP contribution in [-0.2, 0) is 22.6 Å². The summed E-state index contributed by atoms with van der Waals surface area (Å²) in [7, 11) is 1.87. The molecule has 0 radical (unpaired) electrons. The molecule has 1 N–H and O–H groups in total. The molecule has 29 heavy (non-hydrogen) atoms. The smallest absolute Gasteiger partial charge is 0.222 e. The zero-order valence-corrected chi connectivity index (χ0v) is 19.4. The van der Waals surface area contributed by atoms with Crippen LogP contribution in [0, 0.1) is 11.8 Å². The summed E-state index contributed by atoms with van der Waals surface area (Å²) >= 11 is 0. The van der Waals surface area contributed by atoms with Gasteiger partial charge in [-0.3, -0.25) is 9.79 Å². The van der Waals surface area contributed by atoms with Gasteiger partial charge in [-0.1, -0.05) is 24.3 Å². The molecular weight excluding hydrogens is 479 g/mol. The van der Waals surface area contributed by atoms with Crippen molar-refractivity contribution in [1.29, 1.82) is 0 Å². The monoisotopic (exact) mass is 510 g/mol. The lowest BCUT2D eigenvalue weighted by atomic mass is 9.82. The number of fused-ring (bicyclic) bond motifs is 5. The number of carbonyl (C=O) groups is 1. The van der Waals surface area contributed by atoms with E-state index in [1.165, 1.54) is 24.0 Å². The number of nitrogens with zero attached hydrogens (tertiary/aromatic N) is 3. The molecule has 1 aromatic carbocycles. The maximum atomic E-state index is 12.0. The molecule has 1 aromatic rings. The highest BCUT2D eigenvalue weighted by molar-refractivity contribution is 14.0. The van der Waals surface area contributed by atoms with E-state index >= 15 is 0 Å². The molecule has 4 atom stereocenters. The number of hydrogen-bond donors (Lipinski definition) is 1. The lowest BCUT2D eigenvalue weighted by Crippen LogP contribution is -2.41. The number of halogens is 1. The number of nitrogens with one attached hydrogen (secondary N) is 1. The maximum absolute atomic E-state index is 12.0. The van der Waals surface area contributed by atoms with E-state index in [0.717, 1.165) is 38.6 Å². The van der Waals surface area contributed by atoms with Gasteiger partial charge < -0.3 is 19.9 Å². The van der Waals surface area contributed by atoms with Gasteiger partial charge in [0.15, 0.2) is 5.96 Å². The van der Waals surface area contributed by atoms with Crippen LogP contribution in [0.25, 0.3) is 0 Å². The van der Waals surface area contributed by atoms with Gasteiger partial charge in [0.25, 0.3) is 0 Å². The Bertz CT molecular complexity index is 768. The van der Waals surface area contributed by atoms with E-state index in [9.17, 15) is 4.79 Å². The van der Waals surface area contributed by atoms with E-state index < -0.39 is 0 Å². The van der Waals surface area contributed by atoms with Gasteiger partial charge in [-0.2, -0.15) is 0 Å². The largest absolute Gasteiger partial charge is 0.374 e. The normalized spacial score (nSPS) is 30.7. The molecule has 1 amide bonds. The van der Waals surface area contributed by atoms with Crippen LogP contribution in [0.4, 0.5) is 0 Å². The minimum absolute atomic E-state index is 0. The number of hydrogen-bond acceptors (Lipinski definition) is 3. The molecule has 4 heterocycles. The maximum Gasteiger partial charge on any atom is 0.222 e. The van der Waals surface area contributed by atoms with E-state index in [-0.39, 0.29) is 29.9 Å². The highest BCUT2D eigenvalue weighted by Gasteiger charge is 2.53. The Morgan fingerprint density at radius 1 is 1.17 bits per heavy atom. The van der Waals surface area contributed by atoms with Crippen LogP contribution in [0.1, 0.15) is 36.8 Å². The molecule has 0 saturated carbocycles. The summed E-state index contributed by atoms with van der Waals surface area (Å²) in [6.45, 7) is 4.43. The zero-order chi connectivity index (χ0) is 19.1. The predicted molar refractivity (Wildman–Crippen MR) is 123 cm³/mol. The first kappa shape index (κ1) is 20.9. The summed E-state index contributed by atoms with van der Waals surface area (Å²) in [4.78, 5) is 20.9. The average Bonchev–Trinajstić information content (AvgIpc) is 3.47. The zero-order valence-electron chi connectivity index (χ0n) is 17.0. The number of likely N-dealkylation sites (tertiary alicyclic amines) is 2. The molecule has 5 rings (SSSR count). The molecule has 4 saturated heterocycles. The van der Waals surface area contributed by atoms with Crippen molar-refractivity contribution in [2.75, 3.05) is 26.7 Å². The number of guanidine groups is 1. The van der Waals surface area contributed by atoms with Crippen LogP contribution in [0.15, 0.2) is 29.3 Å². The second-order valence-electron chi connectivity index (χ2n) is 8.61. The van der Waals surface area contributed by atoms with Crippen LogP contribution < -0.4 is 5.32 Å². The number of aliphatic imine (C=N–C) groups is 1. The summed E-state index contributed by atoms with van der Waals surface area (Å²) in [5.41, 5.74) is 2.47. The Kier molecular flexibility index (Phi) is 6.34. The number of benzene rings is 1. The van der Waals surface area contributed by atoms with Crippen molar-refractivity contribution in [3.63, 3.8) is 0 Å².